The van der Waals surface area contributed by atoms with Crippen LogP contribution in [0.2, 0.25) is 0 Å². The molecule has 1 aromatic carbocycles. The van der Waals surface area contributed by atoms with E-state index in [1.54, 1.807) is 18.5 Å². The van der Waals surface area contributed by atoms with Gasteiger partial charge in [-0.15, -0.1) is 0 Å². The molecule has 4 heterocycles. The normalized spacial score (nSPS) is 14.5. The zero-order valence-electron chi connectivity index (χ0n) is 21.6. The molecule has 0 bridgehead atoms. The highest BCUT2D eigenvalue weighted by atomic mass is 16.5. The van der Waals surface area contributed by atoms with Crippen LogP contribution in [0.1, 0.15) is 37.7 Å². The Morgan fingerprint density at radius 1 is 1.00 bits per heavy atom. The van der Waals surface area contributed by atoms with Gasteiger partial charge in [-0.1, -0.05) is 12.1 Å². The van der Waals surface area contributed by atoms with Crippen molar-refractivity contribution in [1.82, 2.24) is 29.7 Å². The van der Waals surface area contributed by atoms with Gasteiger partial charge in [0.15, 0.2) is 0 Å². The summed E-state index contributed by atoms with van der Waals surface area (Å²) in [4.78, 5) is 45.4. The Morgan fingerprint density at radius 3 is 2.55 bits per heavy atom. The number of benzene rings is 1. The number of ether oxygens (including phenoxy) is 1. The van der Waals surface area contributed by atoms with Gasteiger partial charge in [0.1, 0.15) is 11.3 Å². The zero-order valence-corrected chi connectivity index (χ0v) is 21.6. The molecule has 10 nitrogen and oxygen atoms in total. The van der Waals surface area contributed by atoms with E-state index in [1.807, 2.05) is 36.4 Å². The van der Waals surface area contributed by atoms with E-state index in [-0.39, 0.29) is 11.9 Å². The first-order chi connectivity index (χ1) is 18.5. The summed E-state index contributed by atoms with van der Waals surface area (Å²) in [6.45, 7) is 5.16. The number of aromatic amines is 1. The van der Waals surface area contributed by atoms with Gasteiger partial charge in [0, 0.05) is 61.8 Å². The summed E-state index contributed by atoms with van der Waals surface area (Å²) >= 11 is 0. The standard InChI is InChI=1S/C28H31N7O3/c1-34-11-13-35(14-12-34)18-19-3-6-21(7-4-19)26(36)33-28-29-10-9-23(31-28)8-5-20-15-22-16-24(27(37)38-2)32-25(22)30-17-20/h3-4,6-7,9-10,15-17H,5,8,11-14,18H2,1-2H3,(H,30,32)(H,29,31,33,36). The van der Waals surface area contributed by atoms with Crippen LogP contribution in [0.3, 0.4) is 0 Å². The summed E-state index contributed by atoms with van der Waals surface area (Å²) in [6, 6.07) is 13.3. The fourth-order valence-corrected chi connectivity index (χ4v) is 4.48. The van der Waals surface area contributed by atoms with Crippen LogP contribution < -0.4 is 5.32 Å². The average Bonchev–Trinajstić information content (AvgIpc) is 3.37. The van der Waals surface area contributed by atoms with E-state index in [1.165, 1.54) is 12.7 Å². The first-order valence-electron chi connectivity index (χ1n) is 12.7. The quantitative estimate of drug-likeness (QED) is 0.346. The molecule has 0 atom stereocenters. The average molecular weight is 514 g/mol. The maximum atomic E-state index is 12.8. The highest BCUT2D eigenvalue weighted by Gasteiger charge is 2.15. The van der Waals surface area contributed by atoms with Crippen molar-refractivity contribution in [3.8, 4) is 0 Å². The number of amides is 1. The molecule has 2 N–H and O–H groups in total. The SMILES string of the molecule is COC(=O)c1cc2cc(CCc3ccnc(NC(=O)c4ccc(CN5CCN(C)CC5)cc4)n3)cnc2[nH]1. The van der Waals surface area contributed by atoms with E-state index in [9.17, 15) is 9.59 Å². The lowest BCUT2D eigenvalue weighted by molar-refractivity contribution is 0.0595. The number of carbonyl (C=O) groups excluding carboxylic acids is 2. The topological polar surface area (TPSA) is 116 Å². The highest BCUT2D eigenvalue weighted by Crippen LogP contribution is 2.17. The maximum absolute atomic E-state index is 12.8. The summed E-state index contributed by atoms with van der Waals surface area (Å²) in [7, 11) is 3.49. The number of piperazine rings is 1. The van der Waals surface area contributed by atoms with E-state index < -0.39 is 5.97 Å². The second kappa shape index (κ2) is 11.5. The van der Waals surface area contributed by atoms with E-state index >= 15 is 0 Å². The number of nitrogens with one attached hydrogen (secondary N) is 2. The van der Waals surface area contributed by atoms with Gasteiger partial charge in [0.05, 0.1) is 7.11 Å². The molecule has 0 radical (unpaired) electrons. The van der Waals surface area contributed by atoms with E-state index in [2.05, 4.69) is 42.1 Å². The number of methoxy groups -OCH3 is 1. The van der Waals surface area contributed by atoms with Gasteiger partial charge < -0.3 is 14.6 Å². The van der Waals surface area contributed by atoms with E-state index in [0.29, 0.717) is 29.7 Å². The number of esters is 1. The number of pyridine rings is 1. The van der Waals surface area contributed by atoms with Crippen LogP contribution in [-0.2, 0) is 24.1 Å². The first-order valence-corrected chi connectivity index (χ1v) is 12.7. The van der Waals surface area contributed by atoms with Crippen molar-refractivity contribution < 1.29 is 14.3 Å². The number of nitrogens with zero attached hydrogens (tertiary/aromatic N) is 5. The van der Waals surface area contributed by atoms with Crippen LogP contribution in [0.25, 0.3) is 11.0 Å². The second-order valence-corrected chi connectivity index (χ2v) is 9.56. The number of rotatable bonds is 8. The van der Waals surface area contributed by atoms with Crippen molar-refractivity contribution in [2.45, 2.75) is 19.4 Å². The number of aromatic nitrogens is 4. The van der Waals surface area contributed by atoms with Crippen molar-refractivity contribution >= 4 is 28.9 Å². The molecular weight excluding hydrogens is 482 g/mol. The minimum Gasteiger partial charge on any atom is -0.464 e. The van der Waals surface area contributed by atoms with Gasteiger partial charge in [-0.2, -0.15) is 0 Å². The Kier molecular flexibility index (Phi) is 7.71. The fourth-order valence-electron chi connectivity index (χ4n) is 4.48. The predicted molar refractivity (Wildman–Crippen MR) is 144 cm³/mol. The Labute approximate surface area is 221 Å². The number of hydrogen-bond acceptors (Lipinski definition) is 8. The van der Waals surface area contributed by atoms with Crippen molar-refractivity contribution in [1.29, 1.82) is 0 Å². The monoisotopic (exact) mass is 513 g/mol. The number of H-pyrrole nitrogens is 1. The minimum atomic E-state index is -0.429. The predicted octanol–water partition coefficient (Wildman–Crippen LogP) is 2.92. The lowest BCUT2D eigenvalue weighted by Crippen LogP contribution is -2.43. The number of carbonyl (C=O) groups is 2. The largest absolute Gasteiger partial charge is 0.464 e. The molecule has 10 heteroatoms. The lowest BCUT2D eigenvalue weighted by Gasteiger charge is -2.32. The van der Waals surface area contributed by atoms with Crippen LogP contribution in [0, 0.1) is 0 Å². The second-order valence-electron chi connectivity index (χ2n) is 9.56. The van der Waals surface area contributed by atoms with Crippen LogP contribution in [0.15, 0.2) is 54.9 Å². The third kappa shape index (κ3) is 6.21. The van der Waals surface area contributed by atoms with Crippen molar-refractivity contribution in [2.24, 2.45) is 0 Å². The lowest BCUT2D eigenvalue weighted by atomic mass is 10.1. The smallest absolute Gasteiger partial charge is 0.354 e. The van der Waals surface area contributed by atoms with Gasteiger partial charge in [-0.25, -0.2) is 19.7 Å². The number of fused-ring (bicyclic) bond motifs is 1. The van der Waals surface area contributed by atoms with Crippen LogP contribution >= 0.6 is 0 Å². The number of likely N-dealkylation sites (N-methyl/N-ethyl adjacent to an activating group) is 1. The molecule has 1 amide bonds. The van der Waals surface area contributed by atoms with Gasteiger partial charge in [0.2, 0.25) is 5.95 Å². The van der Waals surface area contributed by atoms with Crippen LogP contribution in [-0.4, -0.2) is 81.9 Å². The molecule has 0 unspecified atom stereocenters. The van der Waals surface area contributed by atoms with E-state index in [0.717, 1.165) is 49.4 Å². The summed E-state index contributed by atoms with van der Waals surface area (Å²) in [5, 5.41) is 3.65. The molecule has 0 saturated carbocycles. The third-order valence-corrected chi connectivity index (χ3v) is 6.76. The molecule has 3 aromatic heterocycles. The van der Waals surface area contributed by atoms with E-state index in [4.69, 9.17) is 4.74 Å². The van der Waals surface area contributed by atoms with Crippen molar-refractivity contribution in [3.05, 3.63) is 82.9 Å². The zero-order chi connectivity index (χ0) is 26.5. The molecule has 5 rings (SSSR count). The Hall–Kier alpha value is -4.15. The van der Waals surface area contributed by atoms with Gasteiger partial charge in [-0.3, -0.25) is 15.0 Å². The molecule has 1 aliphatic heterocycles. The van der Waals surface area contributed by atoms with Crippen molar-refractivity contribution in [3.63, 3.8) is 0 Å². The Bertz CT molecular complexity index is 1430. The highest BCUT2D eigenvalue weighted by molar-refractivity contribution is 6.03. The molecule has 38 heavy (non-hydrogen) atoms. The Balaban J connectivity index is 1.16. The molecular formula is C28H31N7O3. The van der Waals surface area contributed by atoms with Crippen molar-refractivity contribution in [2.75, 3.05) is 45.7 Å². The third-order valence-electron chi connectivity index (χ3n) is 6.76. The molecule has 0 aliphatic carbocycles. The fraction of sp³-hybridized carbons (Fsp3) is 0.321. The summed E-state index contributed by atoms with van der Waals surface area (Å²) < 4.78 is 4.76. The van der Waals surface area contributed by atoms with Gasteiger partial charge in [0.25, 0.3) is 5.91 Å². The van der Waals surface area contributed by atoms with Gasteiger partial charge >= 0.3 is 5.97 Å². The molecule has 1 saturated heterocycles. The van der Waals surface area contributed by atoms with Crippen LogP contribution in [0.4, 0.5) is 5.95 Å². The minimum absolute atomic E-state index is 0.239. The summed E-state index contributed by atoms with van der Waals surface area (Å²) in [5.74, 6) is -0.394. The van der Waals surface area contributed by atoms with Crippen LogP contribution in [0.5, 0.6) is 0 Å². The first kappa shape index (κ1) is 25.5. The number of aryl methyl sites for hydroxylation is 2. The number of hydrogen-bond donors (Lipinski definition) is 2. The number of anilines is 1. The molecule has 0 spiro atoms. The summed E-state index contributed by atoms with van der Waals surface area (Å²) in [5.41, 5.74) is 4.58. The van der Waals surface area contributed by atoms with Gasteiger partial charge in [-0.05, 0) is 61.3 Å². The summed E-state index contributed by atoms with van der Waals surface area (Å²) in [6.07, 6.45) is 4.76. The molecule has 196 valence electrons. The Morgan fingerprint density at radius 2 is 1.79 bits per heavy atom. The molecule has 1 aliphatic rings. The molecule has 4 aromatic rings. The molecule has 1 fully saturated rings. The maximum Gasteiger partial charge on any atom is 0.354 e.